The van der Waals surface area contributed by atoms with Crippen molar-refractivity contribution >= 4 is 44.7 Å². The zero-order valence-corrected chi connectivity index (χ0v) is 23.4. The first-order chi connectivity index (χ1) is 18.0. The molecule has 38 heavy (non-hydrogen) atoms. The molecule has 1 aliphatic heterocycles. The minimum absolute atomic E-state index is 0.103. The van der Waals surface area contributed by atoms with E-state index in [1.165, 1.54) is 30.3 Å². The third-order valence-electron chi connectivity index (χ3n) is 7.09. The molecule has 0 spiro atoms. The zero-order chi connectivity index (χ0) is 27.6. The molecule has 4 rings (SSSR count). The topological polar surface area (TPSA) is 58.6 Å². The van der Waals surface area contributed by atoms with Gasteiger partial charge in [0.05, 0.1) is 18.2 Å². The zero-order valence-electron chi connectivity index (χ0n) is 21.0. The number of halogens is 5. The summed E-state index contributed by atoms with van der Waals surface area (Å²) >= 11 is 12.1. The second-order valence-corrected chi connectivity index (χ2v) is 13.2. The molecule has 1 N–H and O–H groups in total. The molecule has 0 radical (unpaired) electrons. The number of piperidine rings is 1. The molecule has 1 aliphatic carbocycles. The maximum atomic E-state index is 14.9. The first-order valence-corrected chi connectivity index (χ1v) is 15.2. The van der Waals surface area contributed by atoms with E-state index < -0.39 is 33.9 Å². The fourth-order valence-corrected chi connectivity index (χ4v) is 5.88. The molecule has 208 valence electrons. The molecule has 2 aromatic rings. The van der Waals surface area contributed by atoms with Crippen molar-refractivity contribution in [2.24, 2.45) is 5.92 Å². The number of ether oxygens (including phenoxy) is 1. The van der Waals surface area contributed by atoms with Crippen LogP contribution in [-0.2, 0) is 9.71 Å². The van der Waals surface area contributed by atoms with Crippen LogP contribution in [0.15, 0.2) is 30.3 Å². The molecule has 1 amide bonds. The molecule has 0 aromatic heterocycles. The number of rotatable bonds is 10. The molecule has 1 saturated carbocycles. The molecular weight excluding hydrogens is 560 g/mol. The Kier molecular flexibility index (Phi) is 9.22. The minimum Gasteiger partial charge on any atom is -0.493 e. The highest BCUT2D eigenvalue weighted by Gasteiger charge is 2.34. The Balaban J connectivity index is 1.41. The van der Waals surface area contributed by atoms with Gasteiger partial charge in [0.2, 0.25) is 0 Å². The van der Waals surface area contributed by atoms with Crippen molar-refractivity contribution in [1.82, 2.24) is 9.62 Å². The normalized spacial score (nSPS) is 19.2. The second-order valence-electron chi connectivity index (χ2n) is 9.95. The smallest absolute Gasteiger partial charge is 0.265 e. The minimum atomic E-state index is -2.84. The third-order valence-corrected chi connectivity index (χ3v) is 9.01. The predicted molar refractivity (Wildman–Crippen MR) is 147 cm³/mol. The average Bonchev–Trinajstić information content (AvgIpc) is 3.68. The highest BCUT2D eigenvalue weighted by atomic mass is 35.5. The van der Waals surface area contributed by atoms with Crippen molar-refractivity contribution in [3.63, 3.8) is 0 Å². The van der Waals surface area contributed by atoms with Gasteiger partial charge in [-0.25, -0.2) is 17.4 Å². The SMILES string of the molecule is C=S(=O)(CC)NC(=O)c1cc(C2CC2)c(OCC2CCN([C@@H](c3cc(Cl)cc(Cl)c3)C(F)F)CC2)cc1F. The summed E-state index contributed by atoms with van der Waals surface area (Å²) in [6.45, 7) is 2.82. The van der Waals surface area contributed by atoms with E-state index >= 15 is 0 Å². The highest BCUT2D eigenvalue weighted by molar-refractivity contribution is 7.99. The van der Waals surface area contributed by atoms with E-state index in [4.69, 9.17) is 27.9 Å². The number of carbonyl (C=O) groups excluding carboxylic acids is 1. The van der Waals surface area contributed by atoms with Gasteiger partial charge in [-0.15, -0.1) is 0 Å². The fraction of sp³-hybridized carbons (Fsp3) is 0.481. The van der Waals surface area contributed by atoms with E-state index in [0.29, 0.717) is 53.9 Å². The maximum absolute atomic E-state index is 14.9. The summed E-state index contributed by atoms with van der Waals surface area (Å²) in [6, 6.07) is 6.15. The number of nitrogens with zero attached hydrogens (tertiary/aromatic N) is 1. The van der Waals surface area contributed by atoms with Gasteiger partial charge in [0.1, 0.15) is 11.6 Å². The maximum Gasteiger partial charge on any atom is 0.265 e. The number of benzene rings is 2. The number of hydrogen-bond donors (Lipinski definition) is 1. The van der Waals surface area contributed by atoms with Crippen LogP contribution in [0.25, 0.3) is 0 Å². The van der Waals surface area contributed by atoms with Crippen LogP contribution in [0.5, 0.6) is 5.75 Å². The Labute approximate surface area is 231 Å². The Morgan fingerprint density at radius 1 is 1.13 bits per heavy atom. The molecule has 2 aromatic carbocycles. The Hall–Kier alpha value is -1.94. The number of nitrogens with one attached hydrogen (secondary N) is 1. The fourth-order valence-electron chi connectivity index (χ4n) is 4.75. The van der Waals surface area contributed by atoms with E-state index in [9.17, 15) is 22.2 Å². The Morgan fingerprint density at radius 3 is 2.32 bits per heavy atom. The van der Waals surface area contributed by atoms with Crippen LogP contribution in [-0.4, -0.2) is 52.8 Å². The van der Waals surface area contributed by atoms with Crippen LogP contribution < -0.4 is 9.46 Å². The van der Waals surface area contributed by atoms with Gasteiger partial charge in [-0.05, 0) is 91.9 Å². The molecular formula is C27H31Cl2F3N2O3S. The lowest BCUT2D eigenvalue weighted by atomic mass is 9.94. The molecule has 11 heteroatoms. The van der Waals surface area contributed by atoms with Gasteiger partial charge in [-0.2, -0.15) is 0 Å². The van der Waals surface area contributed by atoms with E-state index in [-0.39, 0.29) is 23.2 Å². The van der Waals surface area contributed by atoms with Gasteiger partial charge in [0.25, 0.3) is 12.3 Å². The monoisotopic (exact) mass is 590 g/mol. The molecule has 5 nitrogen and oxygen atoms in total. The number of carbonyl (C=O) groups is 1. The summed E-state index contributed by atoms with van der Waals surface area (Å²) in [5.41, 5.74) is 0.947. The van der Waals surface area contributed by atoms with Crippen molar-refractivity contribution in [2.45, 2.75) is 51.0 Å². The summed E-state index contributed by atoms with van der Waals surface area (Å²) in [4.78, 5) is 14.3. The van der Waals surface area contributed by atoms with E-state index in [0.717, 1.165) is 18.4 Å². The van der Waals surface area contributed by atoms with Gasteiger partial charge in [-0.1, -0.05) is 30.1 Å². The second kappa shape index (κ2) is 12.1. The molecule has 2 atom stereocenters. The molecule has 2 aliphatic rings. The summed E-state index contributed by atoms with van der Waals surface area (Å²) in [5.74, 6) is 2.77. The summed E-state index contributed by atoms with van der Waals surface area (Å²) in [7, 11) is -2.84. The average molecular weight is 592 g/mol. The number of likely N-dealkylation sites (tertiary alicyclic amines) is 1. The van der Waals surface area contributed by atoms with Gasteiger partial charge in [0, 0.05) is 31.6 Å². The molecule has 1 saturated heterocycles. The molecule has 1 heterocycles. The third kappa shape index (κ3) is 7.17. The van der Waals surface area contributed by atoms with Gasteiger partial charge in [0.15, 0.2) is 0 Å². The quantitative estimate of drug-likeness (QED) is 0.321. The van der Waals surface area contributed by atoms with E-state index in [2.05, 4.69) is 10.6 Å². The van der Waals surface area contributed by atoms with Crippen LogP contribution in [0, 0.1) is 11.7 Å². The Bertz CT molecular complexity index is 1260. The van der Waals surface area contributed by atoms with Crippen LogP contribution in [0.4, 0.5) is 13.2 Å². The van der Waals surface area contributed by atoms with Gasteiger partial charge in [-0.3, -0.25) is 14.4 Å². The standard InChI is InChI=1S/C27H31Cl2F3N2O3S/c1-3-38(2,36)33-27(35)22-13-21(17-4-5-17)24(14-23(22)30)37-15-16-6-8-34(9-7-16)25(26(31)32)18-10-19(28)12-20(29)11-18/h10-14,16-17,25-26H,2-9,15H2,1H3,(H,33,35,36)/t25-,38?/m0/s1. The largest absolute Gasteiger partial charge is 0.493 e. The predicted octanol–water partition coefficient (Wildman–Crippen LogP) is 6.49. The van der Waals surface area contributed by atoms with Crippen LogP contribution in [0.3, 0.4) is 0 Å². The van der Waals surface area contributed by atoms with E-state index in [1.807, 2.05) is 0 Å². The summed E-state index contributed by atoms with van der Waals surface area (Å²) < 4.78 is 63.5. The van der Waals surface area contributed by atoms with Crippen molar-refractivity contribution in [1.29, 1.82) is 0 Å². The Morgan fingerprint density at radius 2 is 1.76 bits per heavy atom. The number of hydrogen-bond acceptors (Lipinski definition) is 4. The summed E-state index contributed by atoms with van der Waals surface area (Å²) in [5, 5.41) is 0.628. The first kappa shape index (κ1) is 29.1. The van der Waals surface area contributed by atoms with Crippen molar-refractivity contribution < 1.29 is 26.9 Å². The lowest BCUT2D eigenvalue weighted by Crippen LogP contribution is -2.40. The van der Waals surface area contributed by atoms with Gasteiger partial charge < -0.3 is 4.74 Å². The van der Waals surface area contributed by atoms with Crippen molar-refractivity contribution in [3.05, 3.63) is 62.9 Å². The van der Waals surface area contributed by atoms with Gasteiger partial charge >= 0.3 is 0 Å². The van der Waals surface area contributed by atoms with Crippen molar-refractivity contribution in [2.75, 3.05) is 25.4 Å². The van der Waals surface area contributed by atoms with Crippen LogP contribution in [0.2, 0.25) is 10.0 Å². The number of amides is 1. The number of alkyl halides is 2. The van der Waals surface area contributed by atoms with Crippen LogP contribution in [0.1, 0.15) is 66.1 Å². The lowest BCUT2D eigenvalue weighted by molar-refractivity contribution is 0.00318. The van der Waals surface area contributed by atoms with Crippen molar-refractivity contribution in [3.8, 4) is 5.75 Å². The summed E-state index contributed by atoms with van der Waals surface area (Å²) in [6.07, 6.45) is 0.476. The van der Waals surface area contributed by atoms with E-state index in [1.54, 1.807) is 11.8 Å². The molecule has 0 bridgehead atoms. The molecule has 1 unspecified atom stereocenters. The highest BCUT2D eigenvalue weighted by Crippen LogP contribution is 2.45. The first-order valence-electron chi connectivity index (χ1n) is 12.6. The van der Waals surface area contributed by atoms with Crippen LogP contribution >= 0.6 is 23.2 Å². The lowest BCUT2D eigenvalue weighted by Gasteiger charge is -2.37. The molecule has 2 fully saturated rings.